The first kappa shape index (κ1) is 30.5. The van der Waals surface area contributed by atoms with Crippen LogP contribution in [0.5, 0.6) is 0 Å². The van der Waals surface area contributed by atoms with Crippen molar-refractivity contribution < 1.29 is 48.3 Å². The predicted molar refractivity (Wildman–Crippen MR) is 122 cm³/mol. The zero-order chi connectivity index (χ0) is 28.6. The standard InChI is InChI=1S/C23H29F8N3O3S/c1-2-15-38(36,37)33-13-11-32(12-14-33)20(7-9-21(24,25)10-8-20)16-34(23(29,30)31)19(35)17-5-3-4-6-18(17)22(26,27)28/h3-6H,2,7-16H2,1H3. The van der Waals surface area contributed by atoms with Crippen molar-refractivity contribution in [1.29, 1.82) is 0 Å². The topological polar surface area (TPSA) is 60.9 Å². The van der Waals surface area contributed by atoms with Crippen molar-refractivity contribution >= 4 is 15.9 Å². The van der Waals surface area contributed by atoms with Crippen molar-refractivity contribution in [2.24, 2.45) is 0 Å². The Morgan fingerprint density at radius 2 is 1.50 bits per heavy atom. The average molecular weight is 580 g/mol. The summed E-state index contributed by atoms with van der Waals surface area (Å²) in [6.45, 7) is 0.180. The average Bonchev–Trinajstić information content (AvgIpc) is 2.82. The van der Waals surface area contributed by atoms with E-state index in [1.807, 2.05) is 0 Å². The highest BCUT2D eigenvalue weighted by atomic mass is 32.2. The van der Waals surface area contributed by atoms with Crippen LogP contribution in [0.2, 0.25) is 0 Å². The fourth-order valence-corrected chi connectivity index (χ4v) is 6.61. The molecule has 6 nitrogen and oxygen atoms in total. The van der Waals surface area contributed by atoms with Gasteiger partial charge in [0.15, 0.2) is 0 Å². The number of nitrogens with zero attached hydrogens (tertiary/aromatic N) is 3. The van der Waals surface area contributed by atoms with Gasteiger partial charge in [0.05, 0.1) is 16.9 Å². The summed E-state index contributed by atoms with van der Waals surface area (Å²) in [6.07, 6.45) is -12.6. The molecule has 0 N–H and O–H groups in total. The molecule has 1 heterocycles. The normalized spacial score (nSPS) is 21.3. The molecule has 2 fully saturated rings. The molecule has 0 radical (unpaired) electrons. The molecule has 0 bridgehead atoms. The number of halogens is 8. The molecular formula is C23H29F8N3O3S. The molecule has 1 aromatic carbocycles. The summed E-state index contributed by atoms with van der Waals surface area (Å²) < 4.78 is 137. The second-order valence-corrected chi connectivity index (χ2v) is 11.8. The smallest absolute Gasteiger partial charge is 0.293 e. The fourth-order valence-electron chi connectivity index (χ4n) is 5.12. The molecule has 1 saturated heterocycles. The molecule has 1 aliphatic carbocycles. The van der Waals surface area contributed by atoms with Gasteiger partial charge >= 0.3 is 12.5 Å². The van der Waals surface area contributed by atoms with Gasteiger partial charge in [0.25, 0.3) is 5.91 Å². The van der Waals surface area contributed by atoms with Crippen molar-refractivity contribution in [2.75, 3.05) is 38.5 Å². The molecule has 1 aromatic rings. The van der Waals surface area contributed by atoms with Gasteiger partial charge in [-0.1, -0.05) is 19.1 Å². The monoisotopic (exact) mass is 579 g/mol. The van der Waals surface area contributed by atoms with Crippen molar-refractivity contribution in [3.05, 3.63) is 35.4 Å². The van der Waals surface area contributed by atoms with E-state index in [2.05, 4.69) is 0 Å². The van der Waals surface area contributed by atoms with Gasteiger partial charge in [-0.05, 0) is 31.4 Å². The maximum atomic E-state index is 14.2. The lowest BCUT2D eigenvalue weighted by Gasteiger charge is -2.52. The first-order valence-corrected chi connectivity index (χ1v) is 13.7. The Morgan fingerprint density at radius 3 is 2.00 bits per heavy atom. The summed E-state index contributed by atoms with van der Waals surface area (Å²) >= 11 is 0. The van der Waals surface area contributed by atoms with E-state index in [0.717, 1.165) is 12.1 Å². The van der Waals surface area contributed by atoms with E-state index in [0.29, 0.717) is 18.6 Å². The van der Waals surface area contributed by atoms with Crippen molar-refractivity contribution in [1.82, 2.24) is 14.1 Å². The second-order valence-electron chi connectivity index (χ2n) is 9.68. The molecule has 1 aliphatic heterocycles. The Hall–Kier alpha value is -2.00. The third-order valence-electron chi connectivity index (χ3n) is 7.14. The van der Waals surface area contributed by atoms with E-state index in [-0.39, 0.29) is 31.9 Å². The molecule has 0 atom stereocenters. The molecule has 0 unspecified atom stereocenters. The molecule has 1 saturated carbocycles. The lowest BCUT2D eigenvalue weighted by molar-refractivity contribution is -0.236. The summed E-state index contributed by atoms with van der Waals surface area (Å²) in [5, 5.41) is 0. The molecule has 3 rings (SSSR count). The van der Waals surface area contributed by atoms with E-state index in [4.69, 9.17) is 0 Å². The van der Waals surface area contributed by atoms with E-state index < -0.39 is 88.1 Å². The van der Waals surface area contributed by atoms with Crippen molar-refractivity contribution in [2.45, 2.75) is 63.0 Å². The quantitative estimate of drug-likeness (QED) is 0.338. The Kier molecular flexibility index (Phi) is 8.74. The van der Waals surface area contributed by atoms with Crippen LogP contribution in [-0.4, -0.2) is 84.7 Å². The maximum absolute atomic E-state index is 14.2. The molecule has 216 valence electrons. The number of amides is 1. The van der Waals surface area contributed by atoms with Gasteiger partial charge in [-0.25, -0.2) is 22.1 Å². The minimum Gasteiger partial charge on any atom is -0.293 e. The number of alkyl halides is 8. The van der Waals surface area contributed by atoms with Gasteiger partial charge in [-0.2, -0.15) is 17.5 Å². The highest BCUT2D eigenvalue weighted by Crippen LogP contribution is 2.44. The molecular weight excluding hydrogens is 550 g/mol. The molecule has 1 amide bonds. The summed E-state index contributed by atoms with van der Waals surface area (Å²) in [6, 6.07) is 3.08. The maximum Gasteiger partial charge on any atom is 0.487 e. The van der Waals surface area contributed by atoms with E-state index >= 15 is 0 Å². The molecule has 0 aromatic heterocycles. The van der Waals surface area contributed by atoms with Crippen LogP contribution in [0.15, 0.2) is 24.3 Å². The lowest BCUT2D eigenvalue weighted by Crippen LogP contribution is -2.65. The van der Waals surface area contributed by atoms with Crippen LogP contribution in [0.1, 0.15) is 54.9 Å². The SMILES string of the molecule is CCCS(=O)(=O)N1CCN(C2(CN(C(=O)c3ccccc3C(F)(F)F)C(F)(F)F)CCC(F)(F)CC2)CC1. The number of hydrogen-bond donors (Lipinski definition) is 0. The Labute approximate surface area is 215 Å². The summed E-state index contributed by atoms with van der Waals surface area (Å²) in [5.41, 5.74) is -4.39. The van der Waals surface area contributed by atoms with E-state index in [1.165, 1.54) is 9.21 Å². The largest absolute Gasteiger partial charge is 0.487 e. The first-order chi connectivity index (χ1) is 17.4. The zero-order valence-electron chi connectivity index (χ0n) is 20.6. The minimum atomic E-state index is -5.41. The second kappa shape index (κ2) is 10.9. The van der Waals surface area contributed by atoms with Crippen LogP contribution in [0.4, 0.5) is 35.1 Å². The molecule has 2 aliphatic rings. The summed E-state index contributed by atoms with van der Waals surface area (Å²) in [4.78, 5) is 13.8. The lowest BCUT2D eigenvalue weighted by atomic mass is 9.77. The fraction of sp³-hybridized carbons (Fsp3) is 0.696. The Bertz CT molecular complexity index is 1090. The third-order valence-corrected chi connectivity index (χ3v) is 9.22. The van der Waals surface area contributed by atoms with Crippen LogP contribution in [0, 0.1) is 0 Å². The zero-order valence-corrected chi connectivity index (χ0v) is 21.4. The van der Waals surface area contributed by atoms with Gasteiger partial charge in [0.1, 0.15) is 0 Å². The van der Waals surface area contributed by atoms with Gasteiger partial charge in [0.2, 0.25) is 15.9 Å². The van der Waals surface area contributed by atoms with Gasteiger partial charge in [-0.15, -0.1) is 13.2 Å². The van der Waals surface area contributed by atoms with Crippen LogP contribution in [0.3, 0.4) is 0 Å². The number of carbonyl (C=O) groups excluding carboxylic acids is 1. The highest BCUT2D eigenvalue weighted by molar-refractivity contribution is 7.89. The number of benzene rings is 1. The predicted octanol–water partition coefficient (Wildman–Crippen LogP) is 4.97. The Morgan fingerprint density at radius 1 is 0.947 bits per heavy atom. The molecule has 15 heteroatoms. The summed E-state index contributed by atoms with van der Waals surface area (Å²) in [5.74, 6) is -5.21. The van der Waals surface area contributed by atoms with Gasteiger partial charge < -0.3 is 0 Å². The highest BCUT2D eigenvalue weighted by Gasteiger charge is 2.53. The van der Waals surface area contributed by atoms with Crippen molar-refractivity contribution in [3.8, 4) is 0 Å². The minimum absolute atomic E-state index is 0.0759. The molecule has 0 spiro atoms. The molecule has 38 heavy (non-hydrogen) atoms. The number of sulfonamides is 1. The van der Waals surface area contributed by atoms with Crippen LogP contribution in [-0.2, 0) is 16.2 Å². The van der Waals surface area contributed by atoms with E-state index in [9.17, 15) is 48.3 Å². The number of hydrogen-bond acceptors (Lipinski definition) is 4. The first-order valence-electron chi connectivity index (χ1n) is 12.1. The van der Waals surface area contributed by atoms with E-state index in [1.54, 1.807) is 6.92 Å². The number of carbonyl (C=O) groups is 1. The van der Waals surface area contributed by atoms with Gasteiger partial charge in [0, 0.05) is 51.1 Å². The van der Waals surface area contributed by atoms with Crippen LogP contribution >= 0.6 is 0 Å². The number of rotatable bonds is 7. The Balaban J connectivity index is 1.96. The van der Waals surface area contributed by atoms with Gasteiger partial charge in [-0.3, -0.25) is 9.69 Å². The summed E-state index contributed by atoms with van der Waals surface area (Å²) in [7, 11) is -3.60. The number of piperazine rings is 1. The third kappa shape index (κ3) is 6.76. The van der Waals surface area contributed by atoms with Crippen LogP contribution < -0.4 is 0 Å². The van der Waals surface area contributed by atoms with Crippen LogP contribution in [0.25, 0.3) is 0 Å². The van der Waals surface area contributed by atoms with Crippen molar-refractivity contribution in [3.63, 3.8) is 0 Å².